The molecule has 0 saturated carbocycles. The van der Waals surface area contributed by atoms with Crippen molar-refractivity contribution in [2.45, 2.75) is 6.92 Å². The number of aryl methyl sites for hydroxylation is 1. The van der Waals surface area contributed by atoms with Crippen molar-refractivity contribution in [2.75, 3.05) is 7.11 Å². The van der Waals surface area contributed by atoms with Gasteiger partial charge in [0.1, 0.15) is 23.2 Å². The number of hydrogen-bond donors (Lipinski definition) is 0. The van der Waals surface area contributed by atoms with Gasteiger partial charge in [0.05, 0.1) is 18.4 Å². The molecule has 0 amide bonds. The van der Waals surface area contributed by atoms with Crippen LogP contribution in [-0.4, -0.2) is 16.7 Å². The molecule has 0 unspecified atom stereocenters. The molecule has 0 aliphatic rings. The molecule has 1 heterocycles. The zero-order valence-corrected chi connectivity index (χ0v) is 14.3. The van der Waals surface area contributed by atoms with Gasteiger partial charge in [-0.25, -0.2) is 13.8 Å². The van der Waals surface area contributed by atoms with Crippen LogP contribution in [0, 0.1) is 18.6 Å². The molecule has 1 aromatic heterocycles. The number of nitrogens with zero attached hydrogens (tertiary/aromatic N) is 2. The summed E-state index contributed by atoms with van der Waals surface area (Å²) in [6.45, 7) is 1.69. The van der Waals surface area contributed by atoms with E-state index in [9.17, 15) is 8.78 Å². The summed E-state index contributed by atoms with van der Waals surface area (Å²) in [4.78, 5) is 4.14. The Morgan fingerprint density at radius 2 is 1.75 bits per heavy atom. The molecule has 3 aromatic rings. The highest BCUT2D eigenvalue weighted by atomic mass is 35.5. The second kappa shape index (κ2) is 6.42. The summed E-state index contributed by atoms with van der Waals surface area (Å²) in [6.07, 6.45) is 0. The minimum Gasteiger partial charge on any atom is -0.497 e. The van der Waals surface area contributed by atoms with Gasteiger partial charge < -0.3 is 4.74 Å². The fourth-order valence-electron chi connectivity index (χ4n) is 2.54. The summed E-state index contributed by atoms with van der Waals surface area (Å²) in [7, 11) is 1.33. The lowest BCUT2D eigenvalue weighted by molar-refractivity contribution is 0.407. The highest BCUT2D eigenvalue weighted by Gasteiger charge is 2.23. The van der Waals surface area contributed by atoms with Crippen molar-refractivity contribution in [1.29, 1.82) is 0 Å². The number of halogens is 4. The molecule has 2 aromatic carbocycles. The van der Waals surface area contributed by atoms with E-state index in [1.54, 1.807) is 35.8 Å². The van der Waals surface area contributed by atoms with Crippen LogP contribution in [0.5, 0.6) is 5.75 Å². The molecule has 0 aliphatic carbocycles. The maximum atomic E-state index is 14.5. The highest BCUT2D eigenvalue weighted by Crippen LogP contribution is 2.37. The third kappa shape index (κ3) is 2.85. The molecule has 7 heteroatoms. The topological polar surface area (TPSA) is 27.1 Å². The van der Waals surface area contributed by atoms with Crippen molar-refractivity contribution in [3.63, 3.8) is 0 Å². The lowest BCUT2D eigenvalue weighted by Gasteiger charge is -2.13. The van der Waals surface area contributed by atoms with Crippen LogP contribution >= 0.6 is 23.2 Å². The van der Waals surface area contributed by atoms with Gasteiger partial charge in [0.2, 0.25) is 0 Å². The Morgan fingerprint density at radius 3 is 2.33 bits per heavy atom. The first-order chi connectivity index (χ1) is 11.4. The zero-order chi connectivity index (χ0) is 17.4. The average Bonchev–Trinajstić information content (AvgIpc) is 2.81. The second-order valence-corrected chi connectivity index (χ2v) is 5.87. The first-order valence-corrected chi connectivity index (χ1v) is 7.72. The van der Waals surface area contributed by atoms with Crippen LogP contribution in [0.4, 0.5) is 8.78 Å². The van der Waals surface area contributed by atoms with Gasteiger partial charge in [-0.2, -0.15) is 0 Å². The van der Waals surface area contributed by atoms with E-state index in [0.29, 0.717) is 16.5 Å². The molecule has 0 bridgehead atoms. The van der Waals surface area contributed by atoms with Crippen LogP contribution in [0.25, 0.3) is 16.9 Å². The molecule has 0 spiro atoms. The second-order valence-electron chi connectivity index (χ2n) is 5.08. The summed E-state index contributed by atoms with van der Waals surface area (Å²) in [5, 5.41) is 0.480. The molecule has 3 rings (SSSR count). The molecule has 0 atom stereocenters. The predicted molar refractivity (Wildman–Crippen MR) is 90.2 cm³/mol. The van der Waals surface area contributed by atoms with Gasteiger partial charge in [0.25, 0.3) is 0 Å². The monoisotopic (exact) mass is 368 g/mol. The van der Waals surface area contributed by atoms with E-state index >= 15 is 0 Å². The zero-order valence-electron chi connectivity index (χ0n) is 12.8. The van der Waals surface area contributed by atoms with E-state index in [1.807, 2.05) is 0 Å². The largest absolute Gasteiger partial charge is 0.497 e. The molecule has 0 saturated heterocycles. The van der Waals surface area contributed by atoms with Crippen LogP contribution in [0.1, 0.15) is 5.82 Å². The molecular weight excluding hydrogens is 357 g/mol. The number of benzene rings is 2. The van der Waals surface area contributed by atoms with Crippen molar-refractivity contribution in [1.82, 2.24) is 9.55 Å². The number of imidazole rings is 1. The van der Waals surface area contributed by atoms with Crippen LogP contribution in [0.3, 0.4) is 0 Å². The fraction of sp³-hybridized carbons (Fsp3) is 0.118. The lowest BCUT2D eigenvalue weighted by Crippen LogP contribution is -2.03. The van der Waals surface area contributed by atoms with Crippen LogP contribution in [0.15, 0.2) is 36.4 Å². The Morgan fingerprint density at radius 1 is 1.08 bits per heavy atom. The smallest absolute Gasteiger partial charge is 0.155 e. The maximum absolute atomic E-state index is 14.5. The summed E-state index contributed by atoms with van der Waals surface area (Å²) in [6, 6.07) is 9.04. The molecule has 0 radical (unpaired) electrons. The van der Waals surface area contributed by atoms with Gasteiger partial charge >= 0.3 is 0 Å². The minimum atomic E-state index is -0.795. The van der Waals surface area contributed by atoms with Crippen molar-refractivity contribution < 1.29 is 13.5 Å². The Kier molecular flexibility index (Phi) is 4.47. The predicted octanol–water partition coefficient (Wildman–Crippen LogP) is 5.44. The SMILES string of the molecule is COc1cc(F)c(-c2c(Cl)nc(C)n2-c2cccc(Cl)c2)c(F)c1. The van der Waals surface area contributed by atoms with E-state index < -0.39 is 11.6 Å². The van der Waals surface area contributed by atoms with Crippen molar-refractivity contribution >= 4 is 23.2 Å². The van der Waals surface area contributed by atoms with Gasteiger partial charge in [0.15, 0.2) is 5.15 Å². The van der Waals surface area contributed by atoms with E-state index in [1.165, 1.54) is 7.11 Å². The summed E-state index contributed by atoms with van der Waals surface area (Å²) in [5.74, 6) is -1.03. The quantitative estimate of drug-likeness (QED) is 0.615. The van der Waals surface area contributed by atoms with Crippen LogP contribution in [0.2, 0.25) is 10.2 Å². The van der Waals surface area contributed by atoms with Gasteiger partial charge in [-0.1, -0.05) is 29.3 Å². The standard InChI is InChI=1S/C17H12Cl2F2N2O/c1-9-22-17(19)16(23(9)11-5-3-4-10(18)6-11)15-13(20)7-12(24-2)8-14(15)21/h3-8H,1-2H3. The molecule has 0 fully saturated rings. The van der Waals surface area contributed by atoms with Crippen LogP contribution < -0.4 is 4.74 Å². The van der Waals surface area contributed by atoms with Crippen molar-refractivity contribution in [3.05, 3.63) is 64.0 Å². The van der Waals surface area contributed by atoms with Crippen LogP contribution in [-0.2, 0) is 0 Å². The first-order valence-electron chi connectivity index (χ1n) is 6.96. The Bertz CT molecular complexity index is 902. The summed E-state index contributed by atoms with van der Waals surface area (Å²) >= 11 is 12.2. The van der Waals surface area contributed by atoms with Crippen molar-refractivity contribution in [3.8, 4) is 22.7 Å². The van der Waals surface area contributed by atoms with E-state index in [4.69, 9.17) is 27.9 Å². The molecular formula is C17H12Cl2F2N2O. The number of methoxy groups -OCH3 is 1. The highest BCUT2D eigenvalue weighted by molar-refractivity contribution is 6.32. The van der Waals surface area contributed by atoms with E-state index in [0.717, 1.165) is 12.1 Å². The van der Waals surface area contributed by atoms with Gasteiger partial charge in [-0.05, 0) is 25.1 Å². The van der Waals surface area contributed by atoms with E-state index in [-0.39, 0.29) is 22.2 Å². The van der Waals surface area contributed by atoms with E-state index in [2.05, 4.69) is 4.98 Å². The average molecular weight is 369 g/mol. The Labute approximate surface area is 147 Å². The van der Waals surface area contributed by atoms with Crippen molar-refractivity contribution in [2.24, 2.45) is 0 Å². The Balaban J connectivity index is 2.31. The molecule has 0 N–H and O–H groups in total. The third-order valence-corrected chi connectivity index (χ3v) is 4.06. The van der Waals surface area contributed by atoms with Gasteiger partial charge in [-0.15, -0.1) is 0 Å². The maximum Gasteiger partial charge on any atom is 0.155 e. The molecule has 24 heavy (non-hydrogen) atoms. The number of aromatic nitrogens is 2. The Hall–Kier alpha value is -2.11. The first kappa shape index (κ1) is 16.7. The summed E-state index contributed by atoms with van der Waals surface area (Å²) < 4.78 is 35.4. The minimum absolute atomic E-state index is 0.00422. The van der Waals surface area contributed by atoms with Gasteiger partial charge in [-0.3, -0.25) is 4.57 Å². The molecule has 3 nitrogen and oxygen atoms in total. The number of hydrogen-bond acceptors (Lipinski definition) is 2. The summed E-state index contributed by atoms with van der Waals surface area (Å²) in [5.41, 5.74) is 0.444. The lowest BCUT2D eigenvalue weighted by atomic mass is 10.1. The number of rotatable bonds is 3. The van der Waals surface area contributed by atoms with Gasteiger partial charge in [0, 0.05) is 22.8 Å². The molecule has 124 valence electrons. The fourth-order valence-corrected chi connectivity index (χ4v) is 3.02. The number of ether oxygens (including phenoxy) is 1. The normalized spacial score (nSPS) is 10.9. The molecule has 0 aliphatic heterocycles. The third-order valence-electron chi connectivity index (χ3n) is 3.56.